The lowest BCUT2D eigenvalue weighted by Gasteiger charge is -2.22. The lowest BCUT2D eigenvalue weighted by atomic mass is 9.85. The standard InChI is InChI=1S/C15H20N4O/c1-9(2)12-6-5-10(3)13(8-12)17-19-15(20)14-7-11(4)16-18-14/h5,7,12H,1,6,8H2,2-4H3,(H,16,18)(H,19,20)/b17-13-/t12-/m0/s1. The fraction of sp³-hybridized carbons (Fsp3) is 0.400. The summed E-state index contributed by atoms with van der Waals surface area (Å²) >= 11 is 0. The van der Waals surface area contributed by atoms with Crippen LogP contribution < -0.4 is 5.43 Å². The van der Waals surface area contributed by atoms with Crippen molar-refractivity contribution in [3.8, 4) is 0 Å². The number of hydrazone groups is 1. The average molecular weight is 272 g/mol. The smallest absolute Gasteiger partial charge is 0.282 e. The molecule has 2 rings (SSSR count). The molecule has 0 saturated carbocycles. The van der Waals surface area contributed by atoms with Crippen LogP contribution in [0.15, 0.2) is 35.0 Å². The quantitative estimate of drug-likeness (QED) is 0.656. The summed E-state index contributed by atoms with van der Waals surface area (Å²) in [6.45, 7) is 9.89. The number of aryl methyl sites for hydroxylation is 1. The molecule has 1 amide bonds. The van der Waals surface area contributed by atoms with Crippen molar-refractivity contribution in [2.24, 2.45) is 11.0 Å². The predicted octanol–water partition coefficient (Wildman–Crippen LogP) is 2.74. The first kappa shape index (κ1) is 14.2. The number of hydrogen-bond donors (Lipinski definition) is 2. The number of rotatable bonds is 3. The second-order valence-corrected chi connectivity index (χ2v) is 5.31. The topological polar surface area (TPSA) is 70.1 Å². The second kappa shape index (κ2) is 5.86. The van der Waals surface area contributed by atoms with Crippen molar-refractivity contribution in [2.75, 3.05) is 0 Å². The normalized spacial score (nSPS) is 20.6. The lowest BCUT2D eigenvalue weighted by Crippen LogP contribution is -2.23. The van der Waals surface area contributed by atoms with Crippen molar-refractivity contribution in [1.29, 1.82) is 0 Å². The van der Waals surface area contributed by atoms with Gasteiger partial charge in [-0.05, 0) is 51.2 Å². The Balaban J connectivity index is 2.06. The number of nitrogens with zero attached hydrogens (tertiary/aromatic N) is 2. The third kappa shape index (κ3) is 3.23. The Morgan fingerprint density at radius 1 is 1.55 bits per heavy atom. The maximum atomic E-state index is 11.9. The first-order valence-corrected chi connectivity index (χ1v) is 6.69. The van der Waals surface area contributed by atoms with E-state index in [1.807, 2.05) is 20.8 Å². The summed E-state index contributed by atoms with van der Waals surface area (Å²) in [5, 5.41) is 10.9. The van der Waals surface area contributed by atoms with Gasteiger partial charge in [0.15, 0.2) is 5.69 Å². The summed E-state index contributed by atoms with van der Waals surface area (Å²) in [4.78, 5) is 11.9. The molecule has 0 radical (unpaired) electrons. The van der Waals surface area contributed by atoms with Crippen molar-refractivity contribution in [3.63, 3.8) is 0 Å². The van der Waals surface area contributed by atoms with Gasteiger partial charge in [-0.3, -0.25) is 9.89 Å². The summed E-state index contributed by atoms with van der Waals surface area (Å²) in [6, 6.07) is 1.69. The molecule has 0 fully saturated rings. The number of carbonyl (C=O) groups excluding carboxylic acids is 1. The van der Waals surface area contributed by atoms with E-state index < -0.39 is 0 Å². The van der Waals surface area contributed by atoms with Gasteiger partial charge in [0.2, 0.25) is 0 Å². The highest BCUT2D eigenvalue weighted by Crippen LogP contribution is 2.26. The van der Waals surface area contributed by atoms with Gasteiger partial charge in [-0.1, -0.05) is 18.2 Å². The maximum absolute atomic E-state index is 11.9. The monoisotopic (exact) mass is 272 g/mol. The zero-order valence-electron chi connectivity index (χ0n) is 12.2. The number of H-pyrrole nitrogens is 1. The van der Waals surface area contributed by atoms with Crippen LogP contribution in [0.3, 0.4) is 0 Å². The van der Waals surface area contributed by atoms with Crippen molar-refractivity contribution >= 4 is 11.6 Å². The number of aromatic nitrogens is 2. The number of amides is 1. The molecule has 1 atom stereocenters. The van der Waals surface area contributed by atoms with E-state index in [0.717, 1.165) is 35.4 Å². The molecule has 0 spiro atoms. The van der Waals surface area contributed by atoms with E-state index in [9.17, 15) is 4.79 Å². The molecule has 2 N–H and O–H groups in total. The van der Waals surface area contributed by atoms with E-state index in [1.165, 1.54) is 0 Å². The lowest BCUT2D eigenvalue weighted by molar-refractivity contribution is 0.0949. The maximum Gasteiger partial charge on any atom is 0.291 e. The van der Waals surface area contributed by atoms with Crippen LogP contribution in [0.5, 0.6) is 0 Å². The van der Waals surface area contributed by atoms with Crippen LogP contribution in [0.4, 0.5) is 0 Å². The molecule has 106 valence electrons. The molecule has 5 nitrogen and oxygen atoms in total. The molecule has 0 saturated heterocycles. The van der Waals surface area contributed by atoms with Gasteiger partial charge in [0.25, 0.3) is 5.91 Å². The van der Waals surface area contributed by atoms with E-state index >= 15 is 0 Å². The number of allylic oxidation sites excluding steroid dienone is 3. The molecule has 1 aliphatic rings. The Morgan fingerprint density at radius 3 is 2.90 bits per heavy atom. The van der Waals surface area contributed by atoms with Crippen LogP contribution in [-0.2, 0) is 0 Å². The Kier molecular flexibility index (Phi) is 4.17. The molecule has 1 heterocycles. The first-order valence-electron chi connectivity index (χ1n) is 6.69. The molecule has 1 aromatic rings. The molecular formula is C15H20N4O. The molecule has 1 aliphatic carbocycles. The van der Waals surface area contributed by atoms with Gasteiger partial charge >= 0.3 is 0 Å². The largest absolute Gasteiger partial charge is 0.291 e. The van der Waals surface area contributed by atoms with E-state index in [-0.39, 0.29) is 5.91 Å². The fourth-order valence-electron chi connectivity index (χ4n) is 2.13. The Labute approximate surface area is 118 Å². The van der Waals surface area contributed by atoms with Crippen molar-refractivity contribution in [1.82, 2.24) is 15.6 Å². The summed E-state index contributed by atoms with van der Waals surface area (Å²) in [5.41, 5.74) is 6.93. The van der Waals surface area contributed by atoms with Gasteiger partial charge in [-0.2, -0.15) is 10.2 Å². The van der Waals surface area contributed by atoms with Crippen LogP contribution in [0.2, 0.25) is 0 Å². The molecule has 0 aliphatic heterocycles. The number of carbonyl (C=O) groups is 1. The van der Waals surface area contributed by atoms with Gasteiger partial charge in [-0.15, -0.1) is 0 Å². The third-order valence-electron chi connectivity index (χ3n) is 3.53. The Bertz CT molecular complexity index is 595. The van der Waals surface area contributed by atoms with Gasteiger partial charge in [-0.25, -0.2) is 5.43 Å². The second-order valence-electron chi connectivity index (χ2n) is 5.31. The van der Waals surface area contributed by atoms with Gasteiger partial charge in [0.1, 0.15) is 0 Å². The summed E-state index contributed by atoms with van der Waals surface area (Å²) in [6.07, 6.45) is 3.96. The fourth-order valence-corrected chi connectivity index (χ4v) is 2.13. The zero-order chi connectivity index (χ0) is 14.7. The molecule has 0 bridgehead atoms. The highest BCUT2D eigenvalue weighted by atomic mass is 16.2. The highest BCUT2D eigenvalue weighted by molar-refractivity contribution is 6.02. The van der Waals surface area contributed by atoms with Crippen LogP contribution in [0, 0.1) is 12.8 Å². The van der Waals surface area contributed by atoms with Crippen molar-refractivity contribution in [3.05, 3.63) is 41.3 Å². The Hall–Kier alpha value is -2.17. The SMILES string of the molecule is C=C(C)[C@H]1CC=C(C)/C(=N\NC(=O)c2cc(C)[nH]n2)C1. The zero-order valence-corrected chi connectivity index (χ0v) is 12.2. The van der Waals surface area contributed by atoms with Crippen molar-refractivity contribution < 1.29 is 4.79 Å². The van der Waals surface area contributed by atoms with Gasteiger partial charge in [0, 0.05) is 5.69 Å². The molecule has 20 heavy (non-hydrogen) atoms. The van der Waals surface area contributed by atoms with Crippen molar-refractivity contribution in [2.45, 2.75) is 33.6 Å². The van der Waals surface area contributed by atoms with E-state index in [4.69, 9.17) is 0 Å². The predicted molar refractivity (Wildman–Crippen MR) is 79.5 cm³/mol. The molecule has 0 unspecified atom stereocenters. The first-order chi connectivity index (χ1) is 9.47. The highest BCUT2D eigenvalue weighted by Gasteiger charge is 2.19. The number of aromatic amines is 1. The number of hydrogen-bond acceptors (Lipinski definition) is 3. The molecule has 0 aromatic carbocycles. The molecule has 1 aromatic heterocycles. The third-order valence-corrected chi connectivity index (χ3v) is 3.53. The Morgan fingerprint density at radius 2 is 2.30 bits per heavy atom. The number of nitrogens with one attached hydrogen (secondary N) is 2. The molecular weight excluding hydrogens is 252 g/mol. The van der Waals surface area contributed by atoms with Gasteiger partial charge < -0.3 is 0 Å². The molecule has 5 heteroatoms. The average Bonchev–Trinajstić information content (AvgIpc) is 2.84. The van der Waals surface area contributed by atoms with E-state index in [0.29, 0.717) is 11.6 Å². The van der Waals surface area contributed by atoms with Gasteiger partial charge in [0.05, 0.1) is 5.71 Å². The minimum atomic E-state index is -0.299. The van der Waals surface area contributed by atoms with Crippen LogP contribution in [-0.4, -0.2) is 21.8 Å². The summed E-state index contributed by atoms with van der Waals surface area (Å²) in [7, 11) is 0. The summed E-state index contributed by atoms with van der Waals surface area (Å²) in [5.74, 6) is 0.106. The van der Waals surface area contributed by atoms with E-state index in [1.54, 1.807) is 6.07 Å². The minimum absolute atomic E-state index is 0.299. The summed E-state index contributed by atoms with van der Waals surface area (Å²) < 4.78 is 0. The van der Waals surface area contributed by atoms with E-state index in [2.05, 4.69) is 33.4 Å². The van der Waals surface area contributed by atoms with Crippen LogP contribution in [0.1, 0.15) is 42.9 Å². The minimum Gasteiger partial charge on any atom is -0.282 e. The van der Waals surface area contributed by atoms with Crippen LogP contribution >= 0.6 is 0 Å². The van der Waals surface area contributed by atoms with Crippen LogP contribution in [0.25, 0.3) is 0 Å².